The molecule has 1 rings (SSSR count). The Kier molecular flexibility index (Phi) is 8.22. The van der Waals surface area contributed by atoms with Gasteiger partial charge in [-0.15, -0.1) is 0 Å². The average molecular weight is 304 g/mol. The second-order valence-electron chi connectivity index (χ2n) is 6.88. The Bertz CT molecular complexity index is 450. The number of hydrogen-bond donors (Lipinski definition) is 0. The first kappa shape index (κ1) is 18.7. The molecule has 0 amide bonds. The first-order valence-corrected chi connectivity index (χ1v) is 8.48. The monoisotopic (exact) mass is 304 g/mol. The van der Waals surface area contributed by atoms with E-state index in [0.29, 0.717) is 18.4 Å². The van der Waals surface area contributed by atoms with Crippen LogP contribution in [0.2, 0.25) is 0 Å². The molecule has 2 atom stereocenters. The maximum absolute atomic E-state index is 10.8. The van der Waals surface area contributed by atoms with Crippen molar-refractivity contribution in [1.82, 2.24) is 0 Å². The Morgan fingerprint density at radius 1 is 1.00 bits per heavy atom. The third-order valence-corrected chi connectivity index (χ3v) is 4.10. The van der Waals surface area contributed by atoms with Gasteiger partial charge in [-0.25, -0.2) is 0 Å². The van der Waals surface area contributed by atoms with Gasteiger partial charge in [-0.3, -0.25) is 4.79 Å². The van der Waals surface area contributed by atoms with Crippen molar-refractivity contribution in [3.05, 3.63) is 34.9 Å². The molecule has 1 aliphatic rings. The Morgan fingerprint density at radius 2 is 1.64 bits per heavy atom. The minimum Gasteiger partial charge on any atom is -0.466 e. The summed E-state index contributed by atoms with van der Waals surface area (Å²) in [5.74, 6) is 1.02. The molecule has 2 heteroatoms. The van der Waals surface area contributed by atoms with Crippen molar-refractivity contribution in [3.8, 4) is 0 Å². The Hall–Kier alpha value is -1.31. The number of esters is 1. The lowest BCUT2D eigenvalue weighted by atomic mass is 10.1. The van der Waals surface area contributed by atoms with Crippen molar-refractivity contribution in [3.63, 3.8) is 0 Å². The molecule has 1 saturated carbocycles. The van der Waals surface area contributed by atoms with Crippen molar-refractivity contribution in [2.75, 3.05) is 6.61 Å². The number of ether oxygens (including phenoxy) is 1. The highest BCUT2D eigenvalue weighted by molar-refractivity contribution is 5.65. The molecular weight excluding hydrogens is 272 g/mol. The third-order valence-electron chi connectivity index (χ3n) is 4.10. The lowest BCUT2D eigenvalue weighted by Gasteiger charge is -2.02. The summed E-state index contributed by atoms with van der Waals surface area (Å²) < 4.78 is 5.06. The van der Waals surface area contributed by atoms with Gasteiger partial charge in [0.15, 0.2) is 0 Å². The van der Waals surface area contributed by atoms with Crippen LogP contribution in [0.5, 0.6) is 0 Å². The van der Waals surface area contributed by atoms with Gasteiger partial charge in [-0.05, 0) is 71.6 Å². The number of carbonyl (C=O) groups is 1. The summed E-state index contributed by atoms with van der Waals surface area (Å²) in [4.78, 5) is 10.8. The molecule has 124 valence electrons. The summed E-state index contributed by atoms with van der Waals surface area (Å²) in [7, 11) is 0. The van der Waals surface area contributed by atoms with Crippen LogP contribution in [0.25, 0.3) is 0 Å². The molecule has 0 saturated heterocycles. The molecular formula is C20H32O2. The Labute approximate surface area is 136 Å². The normalized spacial score (nSPS) is 21.5. The smallest absolute Gasteiger partial charge is 0.302 e. The molecule has 0 aromatic heterocycles. The molecule has 0 spiro atoms. The number of carbonyl (C=O) groups excluding carboxylic acids is 1. The SMILES string of the molecule is CC(=O)OC[C@@H]1C[C@H]1/C=C(\C)CC/C=C(\C)CCC=C(C)C. The second kappa shape index (κ2) is 9.66. The summed E-state index contributed by atoms with van der Waals surface area (Å²) >= 11 is 0. The standard InChI is InChI=1S/C20H32O2/c1-15(2)8-6-9-16(3)10-7-11-17(4)12-19-13-20(19)14-22-18(5)21/h8,10,12,19-20H,6-7,9,11,13-14H2,1-5H3/b16-10+,17-12+/t19-,20+/m1/s1. The first-order valence-electron chi connectivity index (χ1n) is 8.48. The van der Waals surface area contributed by atoms with Gasteiger partial charge in [0.1, 0.15) is 0 Å². The molecule has 1 aliphatic carbocycles. The second-order valence-corrected chi connectivity index (χ2v) is 6.88. The maximum atomic E-state index is 10.8. The van der Waals surface area contributed by atoms with Gasteiger partial charge >= 0.3 is 5.97 Å². The topological polar surface area (TPSA) is 26.3 Å². The fourth-order valence-corrected chi connectivity index (χ4v) is 2.58. The zero-order chi connectivity index (χ0) is 16.5. The predicted octanol–water partition coefficient (Wildman–Crippen LogP) is 5.60. The van der Waals surface area contributed by atoms with Gasteiger partial charge in [-0.1, -0.05) is 34.9 Å². The predicted molar refractivity (Wildman–Crippen MR) is 93.6 cm³/mol. The van der Waals surface area contributed by atoms with Gasteiger partial charge in [0, 0.05) is 6.92 Å². The number of hydrogen-bond acceptors (Lipinski definition) is 2. The van der Waals surface area contributed by atoms with Crippen molar-refractivity contribution >= 4 is 5.97 Å². The fraction of sp³-hybridized carbons (Fsp3) is 0.650. The Balaban J connectivity index is 2.20. The van der Waals surface area contributed by atoms with E-state index in [4.69, 9.17) is 4.74 Å². The highest BCUT2D eigenvalue weighted by Crippen LogP contribution is 2.40. The summed E-state index contributed by atoms with van der Waals surface area (Å²) in [6.45, 7) is 10.8. The van der Waals surface area contributed by atoms with Crippen LogP contribution in [0.4, 0.5) is 0 Å². The molecule has 0 bridgehead atoms. The van der Waals surface area contributed by atoms with E-state index < -0.39 is 0 Å². The number of allylic oxidation sites excluding steroid dienone is 6. The van der Waals surface area contributed by atoms with Crippen molar-refractivity contribution in [1.29, 1.82) is 0 Å². The minimum absolute atomic E-state index is 0.167. The highest BCUT2D eigenvalue weighted by atomic mass is 16.5. The van der Waals surface area contributed by atoms with E-state index in [9.17, 15) is 4.79 Å². The van der Waals surface area contributed by atoms with Gasteiger partial charge < -0.3 is 4.74 Å². The van der Waals surface area contributed by atoms with Gasteiger partial charge in [0.2, 0.25) is 0 Å². The minimum atomic E-state index is -0.167. The van der Waals surface area contributed by atoms with Crippen LogP contribution in [-0.2, 0) is 9.53 Å². The van der Waals surface area contributed by atoms with Crippen LogP contribution < -0.4 is 0 Å². The highest BCUT2D eigenvalue weighted by Gasteiger charge is 2.35. The summed E-state index contributed by atoms with van der Waals surface area (Å²) in [6, 6.07) is 0. The van der Waals surface area contributed by atoms with E-state index in [1.54, 1.807) is 0 Å². The van der Waals surface area contributed by atoms with Crippen LogP contribution in [0.15, 0.2) is 34.9 Å². The summed E-state index contributed by atoms with van der Waals surface area (Å²) in [5, 5.41) is 0. The van der Waals surface area contributed by atoms with Crippen molar-refractivity contribution in [2.45, 2.75) is 66.7 Å². The van der Waals surface area contributed by atoms with Crippen LogP contribution in [0, 0.1) is 11.8 Å². The molecule has 0 radical (unpaired) electrons. The quantitative estimate of drug-likeness (QED) is 0.409. The van der Waals surface area contributed by atoms with Crippen molar-refractivity contribution < 1.29 is 9.53 Å². The molecule has 0 aromatic rings. The molecule has 2 nitrogen and oxygen atoms in total. The molecule has 0 unspecified atom stereocenters. The van der Waals surface area contributed by atoms with E-state index in [0.717, 1.165) is 19.3 Å². The summed E-state index contributed by atoms with van der Waals surface area (Å²) in [5.41, 5.74) is 4.35. The van der Waals surface area contributed by atoms with Crippen LogP contribution in [-0.4, -0.2) is 12.6 Å². The summed E-state index contributed by atoms with van der Waals surface area (Å²) in [6.07, 6.45) is 12.8. The Morgan fingerprint density at radius 3 is 2.27 bits per heavy atom. The zero-order valence-corrected chi connectivity index (χ0v) is 14.9. The van der Waals surface area contributed by atoms with E-state index in [-0.39, 0.29) is 5.97 Å². The van der Waals surface area contributed by atoms with E-state index in [2.05, 4.69) is 45.9 Å². The lowest BCUT2D eigenvalue weighted by molar-refractivity contribution is -0.141. The van der Waals surface area contributed by atoms with Gasteiger partial charge in [-0.2, -0.15) is 0 Å². The maximum Gasteiger partial charge on any atom is 0.302 e. The molecule has 0 N–H and O–H groups in total. The van der Waals surface area contributed by atoms with Gasteiger partial charge in [0.25, 0.3) is 0 Å². The van der Waals surface area contributed by atoms with Crippen molar-refractivity contribution in [2.24, 2.45) is 11.8 Å². The van der Waals surface area contributed by atoms with Crippen LogP contribution >= 0.6 is 0 Å². The zero-order valence-electron chi connectivity index (χ0n) is 14.9. The van der Waals surface area contributed by atoms with E-state index >= 15 is 0 Å². The molecule has 0 heterocycles. The lowest BCUT2D eigenvalue weighted by Crippen LogP contribution is -2.02. The van der Waals surface area contributed by atoms with Gasteiger partial charge in [0.05, 0.1) is 6.61 Å². The third kappa shape index (κ3) is 8.86. The van der Waals surface area contributed by atoms with E-state index in [1.165, 1.54) is 36.5 Å². The van der Waals surface area contributed by atoms with Crippen LogP contribution in [0.1, 0.15) is 66.7 Å². The van der Waals surface area contributed by atoms with Crippen LogP contribution in [0.3, 0.4) is 0 Å². The largest absolute Gasteiger partial charge is 0.466 e. The molecule has 1 fully saturated rings. The average Bonchev–Trinajstić information content (AvgIpc) is 3.14. The van der Waals surface area contributed by atoms with E-state index in [1.807, 2.05) is 0 Å². The fourth-order valence-electron chi connectivity index (χ4n) is 2.58. The number of rotatable bonds is 9. The molecule has 0 aliphatic heterocycles. The first-order chi connectivity index (χ1) is 10.4. The molecule has 0 aromatic carbocycles. The molecule has 22 heavy (non-hydrogen) atoms.